The fraction of sp³-hybridized carbons (Fsp3) is 0.625. The van der Waals surface area contributed by atoms with Gasteiger partial charge in [-0.1, -0.05) is 6.07 Å². The molecule has 19 heavy (non-hydrogen) atoms. The molecular weight excluding hydrogens is 236 g/mol. The van der Waals surface area contributed by atoms with Gasteiger partial charge in [-0.05, 0) is 68.5 Å². The first-order valence-corrected chi connectivity index (χ1v) is 7.56. The first-order chi connectivity index (χ1) is 9.33. The van der Waals surface area contributed by atoms with Crippen LogP contribution >= 0.6 is 0 Å². The quantitative estimate of drug-likeness (QED) is 0.904. The Labute approximate surface area is 115 Å². The van der Waals surface area contributed by atoms with Crippen molar-refractivity contribution in [3.8, 4) is 5.75 Å². The van der Waals surface area contributed by atoms with Gasteiger partial charge in [-0.3, -0.25) is 4.90 Å². The third kappa shape index (κ3) is 3.10. The first-order valence-electron chi connectivity index (χ1n) is 7.56. The number of likely N-dealkylation sites (tertiary alicyclic amines) is 1. The number of hydrogen-bond acceptors (Lipinski definition) is 3. The summed E-state index contributed by atoms with van der Waals surface area (Å²) < 4.78 is 5.89. The maximum absolute atomic E-state index is 6.18. The number of ether oxygens (including phenoxy) is 1. The molecule has 0 radical (unpaired) electrons. The summed E-state index contributed by atoms with van der Waals surface area (Å²) in [5.41, 5.74) is 8.88. The van der Waals surface area contributed by atoms with Crippen LogP contribution in [0.2, 0.25) is 0 Å². The summed E-state index contributed by atoms with van der Waals surface area (Å²) in [6, 6.07) is 6.65. The van der Waals surface area contributed by atoms with Gasteiger partial charge in [-0.2, -0.15) is 0 Å². The van der Waals surface area contributed by atoms with Crippen LogP contribution < -0.4 is 10.5 Å². The lowest BCUT2D eigenvalue weighted by Gasteiger charge is -2.23. The summed E-state index contributed by atoms with van der Waals surface area (Å²) in [4.78, 5) is 2.48. The zero-order valence-corrected chi connectivity index (χ0v) is 11.6. The minimum atomic E-state index is 0.200. The highest BCUT2D eigenvalue weighted by atomic mass is 16.5. The zero-order chi connectivity index (χ0) is 13.1. The predicted molar refractivity (Wildman–Crippen MR) is 77.5 cm³/mol. The van der Waals surface area contributed by atoms with Crippen molar-refractivity contribution in [2.24, 2.45) is 5.73 Å². The van der Waals surface area contributed by atoms with Gasteiger partial charge >= 0.3 is 0 Å². The molecule has 0 saturated carbocycles. The molecule has 0 bridgehead atoms. The molecule has 1 aliphatic heterocycles. The highest BCUT2D eigenvalue weighted by Crippen LogP contribution is 2.30. The molecule has 2 N–H and O–H groups in total. The molecule has 0 spiro atoms. The Morgan fingerprint density at radius 2 is 2.05 bits per heavy atom. The van der Waals surface area contributed by atoms with Crippen molar-refractivity contribution < 1.29 is 4.74 Å². The standard InChI is InChI=1S/C16H24N2O/c17-16-5-3-4-13-6-7-14(12-15(13)16)19-11-10-18-8-1-2-9-18/h6-7,12,16H,1-5,8-11,17H2/t16-/m0/s1. The van der Waals surface area contributed by atoms with Gasteiger partial charge in [-0.15, -0.1) is 0 Å². The predicted octanol–water partition coefficient (Wildman–Crippen LogP) is 2.50. The van der Waals surface area contributed by atoms with E-state index in [0.717, 1.165) is 31.7 Å². The third-order valence-electron chi connectivity index (χ3n) is 4.35. The molecule has 0 unspecified atom stereocenters. The van der Waals surface area contributed by atoms with Crippen molar-refractivity contribution in [2.75, 3.05) is 26.2 Å². The summed E-state index contributed by atoms with van der Waals surface area (Å²) in [5.74, 6) is 0.982. The van der Waals surface area contributed by atoms with E-state index < -0.39 is 0 Å². The Balaban J connectivity index is 1.57. The lowest BCUT2D eigenvalue weighted by molar-refractivity contribution is 0.237. The van der Waals surface area contributed by atoms with Crippen LogP contribution in [-0.4, -0.2) is 31.1 Å². The van der Waals surface area contributed by atoms with E-state index in [0.29, 0.717) is 0 Å². The van der Waals surface area contributed by atoms with Crippen LogP contribution in [0.5, 0.6) is 5.75 Å². The van der Waals surface area contributed by atoms with Crippen molar-refractivity contribution >= 4 is 0 Å². The molecule has 1 aromatic carbocycles. The van der Waals surface area contributed by atoms with Crippen molar-refractivity contribution in [3.63, 3.8) is 0 Å². The highest BCUT2D eigenvalue weighted by Gasteiger charge is 2.17. The van der Waals surface area contributed by atoms with Gasteiger partial charge < -0.3 is 10.5 Å². The van der Waals surface area contributed by atoms with Crippen LogP contribution in [-0.2, 0) is 6.42 Å². The van der Waals surface area contributed by atoms with Crippen LogP contribution in [0.25, 0.3) is 0 Å². The van der Waals surface area contributed by atoms with Gasteiger partial charge in [0, 0.05) is 12.6 Å². The number of hydrogen-bond donors (Lipinski definition) is 1. The molecule has 0 aromatic heterocycles. The van der Waals surface area contributed by atoms with E-state index in [-0.39, 0.29) is 6.04 Å². The van der Waals surface area contributed by atoms with Gasteiger partial charge in [0.15, 0.2) is 0 Å². The van der Waals surface area contributed by atoms with E-state index in [4.69, 9.17) is 10.5 Å². The lowest BCUT2D eigenvalue weighted by atomic mass is 9.88. The molecule has 1 fully saturated rings. The van der Waals surface area contributed by atoms with E-state index in [1.54, 1.807) is 0 Å². The van der Waals surface area contributed by atoms with Gasteiger partial charge in [0.2, 0.25) is 0 Å². The summed E-state index contributed by atoms with van der Waals surface area (Å²) in [6.07, 6.45) is 6.16. The molecule has 2 aliphatic rings. The third-order valence-corrected chi connectivity index (χ3v) is 4.35. The van der Waals surface area contributed by atoms with Gasteiger partial charge in [0.25, 0.3) is 0 Å². The number of fused-ring (bicyclic) bond motifs is 1. The second-order valence-corrected chi connectivity index (χ2v) is 5.76. The summed E-state index contributed by atoms with van der Waals surface area (Å²) in [6.45, 7) is 4.30. The zero-order valence-electron chi connectivity index (χ0n) is 11.6. The molecule has 1 aromatic rings. The smallest absolute Gasteiger partial charge is 0.119 e. The van der Waals surface area contributed by atoms with Crippen LogP contribution in [0.15, 0.2) is 18.2 Å². The maximum atomic E-state index is 6.18. The topological polar surface area (TPSA) is 38.5 Å². The molecule has 1 aliphatic carbocycles. The maximum Gasteiger partial charge on any atom is 0.119 e. The van der Waals surface area contributed by atoms with E-state index in [1.165, 1.54) is 43.5 Å². The number of nitrogens with zero attached hydrogens (tertiary/aromatic N) is 1. The molecule has 104 valence electrons. The molecule has 1 heterocycles. The second kappa shape index (κ2) is 5.93. The van der Waals surface area contributed by atoms with Crippen LogP contribution in [0, 0.1) is 0 Å². The van der Waals surface area contributed by atoms with E-state index >= 15 is 0 Å². The fourth-order valence-electron chi connectivity index (χ4n) is 3.20. The molecule has 0 amide bonds. The largest absolute Gasteiger partial charge is 0.492 e. The fourth-order valence-corrected chi connectivity index (χ4v) is 3.20. The number of benzene rings is 1. The van der Waals surface area contributed by atoms with Crippen molar-refractivity contribution in [2.45, 2.75) is 38.1 Å². The minimum Gasteiger partial charge on any atom is -0.492 e. The first kappa shape index (κ1) is 12.9. The number of nitrogens with two attached hydrogens (primary N) is 1. The second-order valence-electron chi connectivity index (χ2n) is 5.76. The molecule has 1 atom stereocenters. The van der Waals surface area contributed by atoms with Crippen LogP contribution in [0.3, 0.4) is 0 Å². The number of rotatable bonds is 4. The Kier molecular flexibility index (Phi) is 4.04. The molecule has 1 saturated heterocycles. The Bertz CT molecular complexity index is 427. The van der Waals surface area contributed by atoms with Crippen LogP contribution in [0.1, 0.15) is 42.9 Å². The Morgan fingerprint density at radius 1 is 1.21 bits per heavy atom. The van der Waals surface area contributed by atoms with Gasteiger partial charge in [0.05, 0.1) is 0 Å². The Morgan fingerprint density at radius 3 is 2.89 bits per heavy atom. The van der Waals surface area contributed by atoms with E-state index in [1.807, 2.05) is 0 Å². The number of aryl methyl sites for hydroxylation is 1. The van der Waals surface area contributed by atoms with Crippen molar-refractivity contribution in [1.29, 1.82) is 0 Å². The average Bonchev–Trinajstić information content (AvgIpc) is 2.93. The summed E-state index contributed by atoms with van der Waals surface area (Å²) in [7, 11) is 0. The lowest BCUT2D eigenvalue weighted by Crippen LogP contribution is -2.25. The summed E-state index contributed by atoms with van der Waals surface area (Å²) >= 11 is 0. The summed E-state index contributed by atoms with van der Waals surface area (Å²) in [5, 5.41) is 0. The van der Waals surface area contributed by atoms with Crippen molar-refractivity contribution in [1.82, 2.24) is 4.90 Å². The molecule has 3 heteroatoms. The Hall–Kier alpha value is -1.06. The van der Waals surface area contributed by atoms with E-state index in [9.17, 15) is 0 Å². The average molecular weight is 260 g/mol. The minimum absolute atomic E-state index is 0.200. The molecular formula is C16H24N2O. The van der Waals surface area contributed by atoms with Crippen LogP contribution in [0.4, 0.5) is 0 Å². The normalized spacial score (nSPS) is 23.3. The monoisotopic (exact) mass is 260 g/mol. The highest BCUT2D eigenvalue weighted by molar-refractivity contribution is 5.39. The van der Waals surface area contributed by atoms with E-state index in [2.05, 4.69) is 23.1 Å². The van der Waals surface area contributed by atoms with Crippen molar-refractivity contribution in [3.05, 3.63) is 29.3 Å². The molecule has 3 nitrogen and oxygen atoms in total. The van der Waals surface area contributed by atoms with Gasteiger partial charge in [-0.25, -0.2) is 0 Å². The molecule has 3 rings (SSSR count). The SMILES string of the molecule is N[C@H]1CCCc2ccc(OCCN3CCCC3)cc21. The van der Waals surface area contributed by atoms with Gasteiger partial charge in [0.1, 0.15) is 12.4 Å².